The largest absolute Gasteiger partial charge is 0.357 e. The van der Waals surface area contributed by atoms with Gasteiger partial charge in [-0.3, -0.25) is 0 Å². The van der Waals surface area contributed by atoms with Crippen LogP contribution in [-0.4, -0.2) is 73.6 Å². The predicted octanol–water partition coefficient (Wildman–Crippen LogP) is 2.01. The van der Waals surface area contributed by atoms with Gasteiger partial charge in [-0.05, 0) is 38.4 Å². The Labute approximate surface area is 168 Å². The zero-order chi connectivity index (χ0) is 16.8. The second-order valence-corrected chi connectivity index (χ2v) is 6.68. The Hall–Kier alpha value is -1.09. The van der Waals surface area contributed by atoms with Gasteiger partial charge in [0.2, 0.25) is 0 Å². The first-order chi connectivity index (χ1) is 11.8. The van der Waals surface area contributed by atoms with Crippen LogP contribution >= 0.6 is 24.0 Å². The molecule has 25 heavy (non-hydrogen) atoms. The normalized spacial score (nSPS) is 19.0. The number of halogens is 1. The number of nitrogens with zero attached hydrogens (tertiary/aromatic N) is 5. The molecule has 7 heteroatoms. The fraction of sp³-hybridized carbons (Fsp3) is 0.667. The van der Waals surface area contributed by atoms with Crippen LogP contribution in [0.5, 0.6) is 0 Å². The summed E-state index contributed by atoms with van der Waals surface area (Å²) in [6, 6.07) is 4.30. The first-order valence-electron chi connectivity index (χ1n) is 9.18. The van der Waals surface area contributed by atoms with Crippen molar-refractivity contribution in [1.82, 2.24) is 20.1 Å². The highest BCUT2D eigenvalue weighted by Gasteiger charge is 2.16. The number of pyridine rings is 1. The van der Waals surface area contributed by atoms with Crippen LogP contribution < -0.4 is 10.2 Å². The molecule has 0 aromatic carbocycles. The van der Waals surface area contributed by atoms with E-state index < -0.39 is 0 Å². The van der Waals surface area contributed by atoms with Crippen molar-refractivity contribution in [1.29, 1.82) is 0 Å². The summed E-state index contributed by atoms with van der Waals surface area (Å²) in [5, 5.41) is 3.40. The number of likely N-dealkylation sites (tertiary alicyclic amines) is 1. The van der Waals surface area contributed by atoms with Crippen molar-refractivity contribution in [3.05, 3.63) is 23.9 Å². The van der Waals surface area contributed by atoms with E-state index in [0.717, 1.165) is 57.6 Å². The molecule has 3 rings (SSSR count). The lowest BCUT2D eigenvalue weighted by atomic mass is 10.2. The Bertz CT molecular complexity index is 533. The summed E-state index contributed by atoms with van der Waals surface area (Å²) in [7, 11) is 2.17. The minimum atomic E-state index is 0. The van der Waals surface area contributed by atoms with Crippen LogP contribution in [0.15, 0.2) is 23.3 Å². The molecule has 2 aliphatic rings. The standard InChI is InChI=1S/C18H30N6.HI/c1-3-19-18(24-8-4-5-9-24)21-15-16-6-7-17(20-14-16)23-12-10-22(2)11-13-23;/h6-7,14H,3-5,8-13,15H2,1-2H3,(H,19,21);1H. The maximum absolute atomic E-state index is 4.79. The smallest absolute Gasteiger partial charge is 0.194 e. The zero-order valence-corrected chi connectivity index (χ0v) is 17.8. The molecule has 2 saturated heterocycles. The van der Waals surface area contributed by atoms with E-state index >= 15 is 0 Å². The first-order valence-corrected chi connectivity index (χ1v) is 9.18. The highest BCUT2D eigenvalue weighted by molar-refractivity contribution is 14.0. The molecule has 1 aromatic rings. The average Bonchev–Trinajstić information content (AvgIpc) is 3.14. The van der Waals surface area contributed by atoms with Gasteiger partial charge in [-0.25, -0.2) is 9.98 Å². The van der Waals surface area contributed by atoms with E-state index in [9.17, 15) is 0 Å². The molecule has 0 bridgehead atoms. The predicted molar refractivity (Wildman–Crippen MR) is 115 cm³/mol. The third-order valence-electron chi connectivity index (χ3n) is 4.79. The SMILES string of the molecule is CCNC(=NCc1ccc(N2CCN(C)CC2)nc1)N1CCCC1.I. The number of guanidine groups is 1. The van der Waals surface area contributed by atoms with Crippen LogP contribution in [0.25, 0.3) is 0 Å². The van der Waals surface area contributed by atoms with E-state index in [2.05, 4.69) is 51.1 Å². The van der Waals surface area contributed by atoms with Crippen molar-refractivity contribution in [2.24, 2.45) is 4.99 Å². The van der Waals surface area contributed by atoms with Crippen molar-refractivity contribution < 1.29 is 0 Å². The van der Waals surface area contributed by atoms with Crippen molar-refractivity contribution in [3.8, 4) is 0 Å². The fourth-order valence-corrected chi connectivity index (χ4v) is 3.25. The van der Waals surface area contributed by atoms with E-state index in [1.807, 2.05) is 6.20 Å². The molecule has 0 aliphatic carbocycles. The summed E-state index contributed by atoms with van der Waals surface area (Å²) in [5.41, 5.74) is 1.17. The van der Waals surface area contributed by atoms with E-state index in [0.29, 0.717) is 6.54 Å². The number of aromatic nitrogens is 1. The second kappa shape index (κ2) is 10.2. The van der Waals surface area contributed by atoms with Gasteiger partial charge in [-0.2, -0.15) is 0 Å². The topological polar surface area (TPSA) is 47.0 Å². The fourth-order valence-electron chi connectivity index (χ4n) is 3.25. The van der Waals surface area contributed by atoms with Gasteiger partial charge in [-0.1, -0.05) is 6.07 Å². The summed E-state index contributed by atoms with van der Waals surface area (Å²) in [6.07, 6.45) is 4.52. The van der Waals surface area contributed by atoms with Crippen LogP contribution in [0, 0.1) is 0 Å². The van der Waals surface area contributed by atoms with Gasteiger partial charge in [0, 0.05) is 52.0 Å². The van der Waals surface area contributed by atoms with Gasteiger partial charge in [0.15, 0.2) is 5.96 Å². The van der Waals surface area contributed by atoms with Crippen molar-refractivity contribution >= 4 is 35.8 Å². The van der Waals surface area contributed by atoms with Crippen molar-refractivity contribution in [2.75, 3.05) is 57.8 Å². The van der Waals surface area contributed by atoms with E-state index in [-0.39, 0.29) is 24.0 Å². The van der Waals surface area contributed by atoms with Crippen LogP contribution in [0.3, 0.4) is 0 Å². The van der Waals surface area contributed by atoms with Gasteiger partial charge < -0.3 is 20.0 Å². The molecule has 2 aliphatic heterocycles. The number of rotatable bonds is 4. The molecule has 1 N–H and O–H groups in total. The van der Waals surface area contributed by atoms with Crippen molar-refractivity contribution in [2.45, 2.75) is 26.3 Å². The van der Waals surface area contributed by atoms with Crippen LogP contribution in [0.4, 0.5) is 5.82 Å². The summed E-state index contributed by atoms with van der Waals surface area (Å²) in [5.74, 6) is 2.13. The van der Waals surface area contributed by atoms with E-state index in [1.54, 1.807) is 0 Å². The summed E-state index contributed by atoms with van der Waals surface area (Å²) >= 11 is 0. The Kier molecular flexibility index (Phi) is 8.21. The molecule has 0 amide bonds. The van der Waals surface area contributed by atoms with E-state index in [1.165, 1.54) is 18.4 Å². The van der Waals surface area contributed by atoms with Crippen LogP contribution in [-0.2, 0) is 6.54 Å². The van der Waals surface area contributed by atoms with Gasteiger partial charge in [0.25, 0.3) is 0 Å². The van der Waals surface area contributed by atoms with E-state index in [4.69, 9.17) is 4.99 Å². The molecule has 2 fully saturated rings. The minimum absolute atomic E-state index is 0. The molecule has 0 spiro atoms. The Morgan fingerprint density at radius 1 is 1.12 bits per heavy atom. The molecule has 0 saturated carbocycles. The van der Waals surface area contributed by atoms with Gasteiger partial charge in [0.05, 0.1) is 6.54 Å². The number of aliphatic imine (C=N–C) groups is 1. The summed E-state index contributed by atoms with van der Waals surface area (Å²) in [4.78, 5) is 16.5. The lowest BCUT2D eigenvalue weighted by Crippen LogP contribution is -2.44. The molecular formula is C18H31IN6. The third-order valence-corrected chi connectivity index (χ3v) is 4.79. The first kappa shape index (κ1) is 20.2. The number of anilines is 1. The maximum Gasteiger partial charge on any atom is 0.194 e. The summed E-state index contributed by atoms with van der Waals surface area (Å²) in [6.45, 7) is 10.3. The highest BCUT2D eigenvalue weighted by Crippen LogP contribution is 2.14. The third kappa shape index (κ3) is 5.70. The second-order valence-electron chi connectivity index (χ2n) is 6.68. The Balaban J connectivity index is 0.00000225. The lowest BCUT2D eigenvalue weighted by Gasteiger charge is -2.33. The number of nitrogens with one attached hydrogen (secondary N) is 1. The monoisotopic (exact) mass is 458 g/mol. The van der Waals surface area contributed by atoms with Gasteiger partial charge in [0.1, 0.15) is 5.82 Å². The maximum atomic E-state index is 4.79. The molecule has 140 valence electrons. The molecule has 0 atom stereocenters. The zero-order valence-electron chi connectivity index (χ0n) is 15.4. The summed E-state index contributed by atoms with van der Waals surface area (Å²) < 4.78 is 0. The quantitative estimate of drug-likeness (QED) is 0.425. The molecule has 3 heterocycles. The van der Waals surface area contributed by atoms with Crippen LogP contribution in [0.1, 0.15) is 25.3 Å². The lowest BCUT2D eigenvalue weighted by molar-refractivity contribution is 0.312. The number of hydrogen-bond donors (Lipinski definition) is 1. The number of likely N-dealkylation sites (N-methyl/N-ethyl adjacent to an activating group) is 1. The average molecular weight is 458 g/mol. The van der Waals surface area contributed by atoms with Crippen LogP contribution in [0.2, 0.25) is 0 Å². The molecule has 1 aromatic heterocycles. The Morgan fingerprint density at radius 2 is 1.84 bits per heavy atom. The molecular weight excluding hydrogens is 427 g/mol. The minimum Gasteiger partial charge on any atom is -0.357 e. The Morgan fingerprint density at radius 3 is 2.44 bits per heavy atom. The van der Waals surface area contributed by atoms with Gasteiger partial charge >= 0.3 is 0 Å². The number of piperazine rings is 1. The van der Waals surface area contributed by atoms with Gasteiger partial charge in [-0.15, -0.1) is 24.0 Å². The molecule has 0 radical (unpaired) electrons. The molecule has 0 unspecified atom stereocenters. The van der Waals surface area contributed by atoms with Crippen molar-refractivity contribution in [3.63, 3.8) is 0 Å². The number of hydrogen-bond acceptors (Lipinski definition) is 4. The highest BCUT2D eigenvalue weighted by atomic mass is 127. The molecule has 6 nitrogen and oxygen atoms in total.